The first-order valence-electron chi connectivity index (χ1n) is 10.00. The van der Waals surface area contributed by atoms with Gasteiger partial charge >= 0.3 is 0 Å². The lowest BCUT2D eigenvalue weighted by atomic mass is 10.2. The molecule has 164 valence electrons. The number of nitrogens with two attached hydrogens (primary N) is 1. The molecule has 4 aromatic rings. The number of carbonyl (C=O) groups excluding carboxylic acids is 1. The van der Waals surface area contributed by atoms with Gasteiger partial charge in [-0.1, -0.05) is 0 Å². The maximum atomic E-state index is 12.8. The summed E-state index contributed by atoms with van der Waals surface area (Å²) in [5.41, 5.74) is 8.13. The molecule has 0 saturated heterocycles. The van der Waals surface area contributed by atoms with E-state index < -0.39 is 0 Å². The molecule has 0 spiro atoms. The van der Waals surface area contributed by atoms with Crippen molar-refractivity contribution < 1.29 is 9.53 Å². The number of nitrogens with zero attached hydrogens (tertiary/aromatic N) is 6. The third kappa shape index (κ3) is 4.86. The smallest absolute Gasteiger partial charge is 0.281 e. The summed E-state index contributed by atoms with van der Waals surface area (Å²) in [6, 6.07) is 14.5. The van der Waals surface area contributed by atoms with Crippen molar-refractivity contribution in [1.82, 2.24) is 24.3 Å². The predicted octanol–water partition coefficient (Wildman–Crippen LogP) is 2.63. The second kappa shape index (κ2) is 9.21. The number of hydrogen-bond acceptors (Lipinski definition) is 8. The number of ether oxygens (including phenoxy) is 1. The Kier molecular flexibility index (Phi) is 6.02. The molecule has 3 N–H and O–H groups in total. The highest BCUT2D eigenvalue weighted by Crippen LogP contribution is 2.20. The molecule has 2 aromatic heterocycles. The van der Waals surface area contributed by atoms with Gasteiger partial charge in [-0.3, -0.25) is 4.79 Å². The molecule has 0 unspecified atom stereocenters. The molecule has 0 aliphatic rings. The number of anilines is 4. The van der Waals surface area contributed by atoms with Crippen molar-refractivity contribution in [2.45, 2.75) is 6.54 Å². The van der Waals surface area contributed by atoms with Crippen LogP contribution in [0.3, 0.4) is 0 Å². The van der Waals surface area contributed by atoms with Crippen LogP contribution >= 0.6 is 0 Å². The van der Waals surface area contributed by atoms with Crippen LogP contribution in [0.1, 0.15) is 10.4 Å². The molecule has 0 aliphatic heterocycles. The van der Waals surface area contributed by atoms with Gasteiger partial charge in [0.1, 0.15) is 12.4 Å². The zero-order valence-corrected chi connectivity index (χ0v) is 17.8. The van der Waals surface area contributed by atoms with Crippen molar-refractivity contribution in [3.8, 4) is 5.75 Å². The minimum Gasteiger partial charge on any atom is -0.492 e. The number of aromatic nitrogens is 5. The van der Waals surface area contributed by atoms with Gasteiger partial charge in [-0.2, -0.15) is 9.67 Å². The van der Waals surface area contributed by atoms with E-state index in [1.165, 1.54) is 0 Å². The zero-order chi connectivity index (χ0) is 22.5. The summed E-state index contributed by atoms with van der Waals surface area (Å²) in [6.07, 6.45) is 5.37. The monoisotopic (exact) mass is 432 g/mol. The van der Waals surface area contributed by atoms with Gasteiger partial charge in [0.05, 0.1) is 12.9 Å². The van der Waals surface area contributed by atoms with Crippen molar-refractivity contribution in [1.29, 1.82) is 0 Å². The first-order chi connectivity index (χ1) is 15.5. The molecule has 10 nitrogen and oxygen atoms in total. The summed E-state index contributed by atoms with van der Waals surface area (Å²) in [7, 11) is 3.87. The number of imidazole rings is 1. The Hall–Kier alpha value is -4.34. The van der Waals surface area contributed by atoms with Crippen LogP contribution in [0, 0.1) is 0 Å². The molecule has 4 rings (SSSR count). The summed E-state index contributed by atoms with van der Waals surface area (Å²) in [5, 5.41) is 7.26. The minimum atomic E-state index is -0.352. The van der Waals surface area contributed by atoms with Gasteiger partial charge in [0.2, 0.25) is 11.9 Å². The summed E-state index contributed by atoms with van der Waals surface area (Å²) in [5.74, 6) is 0.628. The van der Waals surface area contributed by atoms with Crippen LogP contribution in [0.15, 0.2) is 67.3 Å². The third-order valence-electron chi connectivity index (χ3n) is 4.74. The van der Waals surface area contributed by atoms with Crippen LogP contribution in [-0.4, -0.2) is 50.9 Å². The second-order valence-corrected chi connectivity index (χ2v) is 7.25. The molecular formula is C22H24N8O2. The van der Waals surface area contributed by atoms with E-state index >= 15 is 0 Å². The average Bonchev–Trinajstić information content (AvgIpc) is 3.44. The molecule has 10 heteroatoms. The molecular weight excluding hydrogens is 408 g/mol. The fraction of sp³-hybridized carbons (Fsp3) is 0.182. The maximum absolute atomic E-state index is 12.8. The molecule has 0 radical (unpaired) electrons. The van der Waals surface area contributed by atoms with E-state index in [2.05, 4.69) is 20.4 Å². The first kappa shape index (κ1) is 20.9. The van der Waals surface area contributed by atoms with Gasteiger partial charge in [0.25, 0.3) is 5.91 Å². The van der Waals surface area contributed by atoms with Crippen LogP contribution in [0.5, 0.6) is 5.75 Å². The van der Waals surface area contributed by atoms with Gasteiger partial charge in [-0.05, 0) is 48.5 Å². The van der Waals surface area contributed by atoms with Gasteiger partial charge in [-0.15, -0.1) is 5.10 Å². The van der Waals surface area contributed by atoms with Gasteiger partial charge in [0, 0.05) is 43.4 Å². The lowest BCUT2D eigenvalue weighted by molar-refractivity contribution is 0.0948. The Balaban J connectivity index is 1.37. The van der Waals surface area contributed by atoms with Crippen molar-refractivity contribution in [2.24, 2.45) is 0 Å². The van der Waals surface area contributed by atoms with Crippen LogP contribution < -0.4 is 20.7 Å². The average molecular weight is 432 g/mol. The van der Waals surface area contributed by atoms with Crippen molar-refractivity contribution in [3.63, 3.8) is 0 Å². The number of hydrogen-bond donors (Lipinski definition) is 2. The molecule has 0 saturated carbocycles. The first-order valence-corrected chi connectivity index (χ1v) is 10.00. The highest BCUT2D eigenvalue weighted by atomic mass is 16.5. The zero-order valence-electron chi connectivity index (χ0n) is 17.8. The quantitative estimate of drug-likeness (QED) is 0.437. The highest BCUT2D eigenvalue weighted by molar-refractivity contribution is 5.97. The lowest BCUT2D eigenvalue weighted by Gasteiger charge is -2.12. The SMILES string of the molecule is CN(C)c1ccc(C(=O)n2nc(Nc3ccc(OCCn4ccnc4)cc3)nc2N)cc1. The summed E-state index contributed by atoms with van der Waals surface area (Å²) < 4.78 is 8.76. The largest absolute Gasteiger partial charge is 0.492 e. The fourth-order valence-corrected chi connectivity index (χ4v) is 3.00. The Morgan fingerprint density at radius 3 is 2.53 bits per heavy atom. The van der Waals surface area contributed by atoms with Crippen molar-refractivity contribution >= 4 is 29.2 Å². The topological polar surface area (TPSA) is 116 Å². The Morgan fingerprint density at radius 2 is 1.88 bits per heavy atom. The Morgan fingerprint density at radius 1 is 1.12 bits per heavy atom. The van der Waals surface area contributed by atoms with E-state index in [-0.39, 0.29) is 17.8 Å². The van der Waals surface area contributed by atoms with E-state index in [9.17, 15) is 4.79 Å². The van der Waals surface area contributed by atoms with E-state index in [0.717, 1.165) is 21.8 Å². The van der Waals surface area contributed by atoms with Crippen molar-refractivity contribution in [3.05, 3.63) is 72.8 Å². The van der Waals surface area contributed by atoms with E-state index in [4.69, 9.17) is 10.5 Å². The predicted molar refractivity (Wildman–Crippen MR) is 122 cm³/mol. The number of benzene rings is 2. The molecule has 0 bridgehead atoms. The molecule has 0 fully saturated rings. The summed E-state index contributed by atoms with van der Waals surface area (Å²) in [6.45, 7) is 1.25. The highest BCUT2D eigenvalue weighted by Gasteiger charge is 2.16. The standard InChI is InChI=1S/C22H24N8O2/c1-28(2)18-7-3-16(4-8-18)20(31)30-21(23)26-22(27-30)25-17-5-9-19(10-6-17)32-14-13-29-12-11-24-15-29/h3-12,15H,13-14H2,1-2H3,(H3,23,25,26,27). The van der Waals surface area contributed by atoms with Crippen molar-refractivity contribution in [2.75, 3.05) is 36.7 Å². The molecule has 0 atom stereocenters. The van der Waals surface area contributed by atoms with Gasteiger partial charge in [0.15, 0.2) is 0 Å². The van der Waals surface area contributed by atoms with Crippen LogP contribution in [-0.2, 0) is 6.54 Å². The number of carbonyl (C=O) groups is 1. The molecule has 0 amide bonds. The van der Waals surface area contributed by atoms with E-state index in [1.807, 2.05) is 66.2 Å². The summed E-state index contributed by atoms with van der Waals surface area (Å²) >= 11 is 0. The van der Waals surface area contributed by atoms with Gasteiger partial charge in [-0.25, -0.2) is 4.98 Å². The maximum Gasteiger partial charge on any atom is 0.281 e. The van der Waals surface area contributed by atoms with Gasteiger partial charge < -0.3 is 25.3 Å². The number of nitrogens with one attached hydrogen (secondary N) is 1. The second-order valence-electron chi connectivity index (χ2n) is 7.25. The molecule has 2 aromatic carbocycles. The van der Waals surface area contributed by atoms with Crippen LogP contribution in [0.2, 0.25) is 0 Å². The fourth-order valence-electron chi connectivity index (χ4n) is 3.00. The molecule has 0 aliphatic carbocycles. The van der Waals surface area contributed by atoms with E-state index in [1.54, 1.807) is 24.7 Å². The summed E-state index contributed by atoms with van der Waals surface area (Å²) in [4.78, 5) is 22.9. The normalized spacial score (nSPS) is 10.7. The minimum absolute atomic E-state index is 0.00800. The van der Waals surface area contributed by atoms with Crippen LogP contribution in [0.4, 0.5) is 23.3 Å². The molecule has 2 heterocycles. The van der Waals surface area contributed by atoms with Crippen LogP contribution in [0.25, 0.3) is 0 Å². The third-order valence-corrected chi connectivity index (χ3v) is 4.74. The number of nitrogen functional groups attached to an aromatic ring is 1. The molecule has 32 heavy (non-hydrogen) atoms. The Bertz CT molecular complexity index is 1170. The number of rotatable bonds is 8. The van der Waals surface area contributed by atoms with E-state index in [0.29, 0.717) is 18.7 Å². The Labute approximate surface area is 185 Å². The lowest BCUT2D eigenvalue weighted by Crippen LogP contribution is -2.17.